The number of carbonyl (C=O) groups excluding carboxylic acids is 2. The quantitative estimate of drug-likeness (QED) is 0.211. The van der Waals surface area contributed by atoms with E-state index in [1.807, 2.05) is 38.1 Å². The van der Waals surface area contributed by atoms with E-state index < -0.39 is 5.97 Å². The van der Waals surface area contributed by atoms with Crippen molar-refractivity contribution in [2.75, 3.05) is 13.7 Å². The van der Waals surface area contributed by atoms with Crippen LogP contribution in [0.3, 0.4) is 0 Å². The summed E-state index contributed by atoms with van der Waals surface area (Å²) in [6.45, 7) is 4.98. The van der Waals surface area contributed by atoms with Crippen molar-refractivity contribution in [2.24, 2.45) is 4.99 Å². The van der Waals surface area contributed by atoms with Gasteiger partial charge in [0.1, 0.15) is 5.82 Å². The lowest BCUT2D eigenvalue weighted by Gasteiger charge is -2.12. The maximum atomic E-state index is 13.4. The Labute approximate surface area is 224 Å². The van der Waals surface area contributed by atoms with E-state index in [1.165, 1.54) is 31.0 Å². The summed E-state index contributed by atoms with van der Waals surface area (Å²) in [5.74, 6) is -0.822. The molecule has 0 unspecified atom stereocenters. The number of fused-ring (bicyclic) bond motifs is 1. The SMILES string of the molecule is CCN1C(=O)C(=Cc2c(C)n(Cc3ccc(F)cc3)c3ccccc23)SC1=Nc1cccc(C(=O)OC)c1. The van der Waals surface area contributed by atoms with E-state index in [1.54, 1.807) is 41.3 Å². The molecule has 0 spiro atoms. The van der Waals surface area contributed by atoms with E-state index >= 15 is 0 Å². The number of aliphatic imine (C=N–C) groups is 1. The molecule has 0 N–H and O–H groups in total. The molecule has 4 aromatic rings. The van der Waals surface area contributed by atoms with Crippen molar-refractivity contribution in [2.45, 2.75) is 20.4 Å². The van der Waals surface area contributed by atoms with Gasteiger partial charge in [0.05, 0.1) is 23.3 Å². The first kappa shape index (κ1) is 25.5. The molecule has 6 nitrogen and oxygen atoms in total. The highest BCUT2D eigenvalue weighted by Gasteiger charge is 2.33. The van der Waals surface area contributed by atoms with Crippen molar-refractivity contribution < 1.29 is 18.7 Å². The fraction of sp³-hybridized carbons (Fsp3) is 0.167. The first-order valence-corrected chi connectivity index (χ1v) is 13.0. The molecule has 1 aromatic heterocycles. The molecule has 0 saturated carbocycles. The third-order valence-electron chi connectivity index (χ3n) is 6.51. The number of para-hydroxylation sites is 1. The number of hydrogen-bond acceptors (Lipinski definition) is 5. The van der Waals surface area contributed by atoms with Gasteiger partial charge in [0, 0.05) is 35.2 Å². The lowest BCUT2D eigenvalue weighted by atomic mass is 10.1. The van der Waals surface area contributed by atoms with Gasteiger partial charge in [-0.15, -0.1) is 0 Å². The zero-order valence-corrected chi connectivity index (χ0v) is 22.1. The number of benzene rings is 3. The number of carbonyl (C=O) groups is 2. The molecule has 5 rings (SSSR count). The van der Waals surface area contributed by atoms with Gasteiger partial charge in [-0.2, -0.15) is 0 Å². The van der Waals surface area contributed by atoms with Crippen LogP contribution in [0.25, 0.3) is 17.0 Å². The van der Waals surface area contributed by atoms with Gasteiger partial charge >= 0.3 is 5.97 Å². The Morgan fingerprint density at radius 1 is 1.08 bits per heavy atom. The van der Waals surface area contributed by atoms with Crippen molar-refractivity contribution in [1.29, 1.82) is 0 Å². The maximum absolute atomic E-state index is 13.4. The normalized spacial score (nSPS) is 15.7. The molecule has 1 aliphatic heterocycles. The number of amides is 1. The molecule has 0 radical (unpaired) electrons. The zero-order chi connectivity index (χ0) is 26.8. The van der Waals surface area contributed by atoms with Crippen LogP contribution in [-0.2, 0) is 16.1 Å². The second kappa shape index (κ2) is 10.7. The molecule has 0 aliphatic carbocycles. The molecule has 2 heterocycles. The average Bonchev–Trinajstić information content (AvgIpc) is 3.37. The second-order valence-corrected chi connectivity index (χ2v) is 9.83. The van der Waals surface area contributed by atoms with Crippen molar-refractivity contribution in [1.82, 2.24) is 9.47 Å². The highest BCUT2D eigenvalue weighted by molar-refractivity contribution is 8.18. The van der Waals surface area contributed by atoms with E-state index in [0.717, 1.165) is 27.7 Å². The van der Waals surface area contributed by atoms with Crippen LogP contribution < -0.4 is 0 Å². The van der Waals surface area contributed by atoms with Crippen molar-refractivity contribution >= 4 is 51.5 Å². The first-order valence-electron chi connectivity index (χ1n) is 12.2. The Balaban J connectivity index is 1.53. The third kappa shape index (κ3) is 4.87. The standard InChI is InChI=1S/C30H26FN3O3S/c1-4-33-28(35)27(38-30(33)32-23-9-7-8-21(16-23)29(36)37-3)17-25-19(2)34(26-11-6-5-10-24(25)26)18-20-12-14-22(31)15-13-20/h5-17H,4,18H2,1-3H3. The molecule has 0 bridgehead atoms. The Morgan fingerprint density at radius 2 is 1.84 bits per heavy atom. The van der Waals surface area contributed by atoms with Crippen LogP contribution in [0, 0.1) is 12.7 Å². The summed E-state index contributed by atoms with van der Waals surface area (Å²) in [5, 5.41) is 1.59. The number of aromatic nitrogens is 1. The summed E-state index contributed by atoms with van der Waals surface area (Å²) in [4.78, 5) is 32.2. The number of amidine groups is 1. The third-order valence-corrected chi connectivity index (χ3v) is 7.51. The summed E-state index contributed by atoms with van der Waals surface area (Å²) in [5.41, 5.74) is 4.96. The van der Waals surface area contributed by atoms with Crippen LogP contribution in [0.4, 0.5) is 10.1 Å². The lowest BCUT2D eigenvalue weighted by Crippen LogP contribution is -2.28. The number of hydrogen-bond donors (Lipinski definition) is 0. The van der Waals surface area contributed by atoms with Crippen LogP contribution in [-0.4, -0.2) is 40.2 Å². The molecule has 8 heteroatoms. The van der Waals surface area contributed by atoms with Gasteiger partial charge < -0.3 is 9.30 Å². The molecule has 1 amide bonds. The summed E-state index contributed by atoms with van der Waals surface area (Å²) in [6, 6.07) is 21.4. The molecule has 1 aliphatic rings. The van der Waals surface area contributed by atoms with E-state index in [-0.39, 0.29) is 11.7 Å². The van der Waals surface area contributed by atoms with Crippen molar-refractivity contribution in [3.05, 3.63) is 106 Å². The van der Waals surface area contributed by atoms with Gasteiger partial charge in [0.15, 0.2) is 5.17 Å². The van der Waals surface area contributed by atoms with Crippen LogP contribution in [0.1, 0.15) is 34.1 Å². The van der Waals surface area contributed by atoms with Gasteiger partial charge in [-0.3, -0.25) is 9.69 Å². The molecule has 192 valence electrons. The molecule has 1 fully saturated rings. The summed E-state index contributed by atoms with van der Waals surface area (Å²) in [6.07, 6.45) is 1.93. The smallest absolute Gasteiger partial charge is 0.337 e. The predicted molar refractivity (Wildman–Crippen MR) is 150 cm³/mol. The molecular formula is C30H26FN3O3S. The Morgan fingerprint density at radius 3 is 2.58 bits per heavy atom. The summed E-state index contributed by atoms with van der Waals surface area (Å²) < 4.78 is 20.4. The number of ether oxygens (including phenoxy) is 1. The average molecular weight is 528 g/mol. The number of likely N-dealkylation sites (N-methyl/N-ethyl adjacent to an activating group) is 1. The van der Waals surface area contributed by atoms with E-state index in [4.69, 9.17) is 4.74 Å². The van der Waals surface area contributed by atoms with Crippen LogP contribution in [0.15, 0.2) is 82.7 Å². The van der Waals surface area contributed by atoms with E-state index in [9.17, 15) is 14.0 Å². The monoisotopic (exact) mass is 527 g/mol. The van der Waals surface area contributed by atoms with Crippen LogP contribution in [0.5, 0.6) is 0 Å². The van der Waals surface area contributed by atoms with E-state index in [2.05, 4.69) is 15.6 Å². The molecule has 1 saturated heterocycles. The molecule has 3 aromatic carbocycles. The Kier molecular flexibility index (Phi) is 7.15. The van der Waals surface area contributed by atoms with Gasteiger partial charge in [-0.25, -0.2) is 14.2 Å². The highest BCUT2D eigenvalue weighted by atomic mass is 32.2. The van der Waals surface area contributed by atoms with Crippen LogP contribution >= 0.6 is 11.8 Å². The Hall–Kier alpha value is -4.17. The molecule has 0 atom stereocenters. The summed E-state index contributed by atoms with van der Waals surface area (Å²) in [7, 11) is 1.33. The summed E-state index contributed by atoms with van der Waals surface area (Å²) >= 11 is 1.31. The predicted octanol–water partition coefficient (Wildman–Crippen LogP) is 6.55. The minimum absolute atomic E-state index is 0.116. The van der Waals surface area contributed by atoms with Gasteiger partial charge in [-0.1, -0.05) is 36.4 Å². The number of esters is 1. The van der Waals surface area contributed by atoms with Gasteiger partial charge in [0.25, 0.3) is 5.91 Å². The zero-order valence-electron chi connectivity index (χ0n) is 21.3. The number of rotatable bonds is 6. The van der Waals surface area contributed by atoms with Crippen molar-refractivity contribution in [3.63, 3.8) is 0 Å². The van der Waals surface area contributed by atoms with Gasteiger partial charge in [-0.05, 0) is 73.6 Å². The fourth-order valence-electron chi connectivity index (χ4n) is 4.55. The number of thioether (sulfide) groups is 1. The second-order valence-electron chi connectivity index (χ2n) is 8.83. The first-order chi connectivity index (χ1) is 18.4. The number of halogens is 1. The minimum atomic E-state index is -0.442. The maximum Gasteiger partial charge on any atom is 0.337 e. The van der Waals surface area contributed by atoms with E-state index in [0.29, 0.717) is 34.4 Å². The topological polar surface area (TPSA) is 63.9 Å². The lowest BCUT2D eigenvalue weighted by molar-refractivity contribution is -0.122. The highest BCUT2D eigenvalue weighted by Crippen LogP contribution is 2.37. The van der Waals surface area contributed by atoms with Crippen LogP contribution in [0.2, 0.25) is 0 Å². The minimum Gasteiger partial charge on any atom is -0.465 e. The molecule has 38 heavy (non-hydrogen) atoms. The number of methoxy groups -OCH3 is 1. The van der Waals surface area contributed by atoms with Gasteiger partial charge in [0.2, 0.25) is 0 Å². The largest absolute Gasteiger partial charge is 0.465 e. The number of nitrogens with zero attached hydrogens (tertiary/aromatic N) is 3. The van der Waals surface area contributed by atoms with Crippen molar-refractivity contribution in [3.8, 4) is 0 Å². The fourth-order valence-corrected chi connectivity index (χ4v) is 5.59. The Bertz CT molecular complexity index is 1610. The molecular weight excluding hydrogens is 501 g/mol.